The molecule has 1 fully saturated rings. The zero-order valence-corrected chi connectivity index (χ0v) is 12.7. The molecule has 7 heteroatoms. The predicted molar refractivity (Wildman–Crippen MR) is 84.6 cm³/mol. The van der Waals surface area contributed by atoms with Crippen molar-refractivity contribution in [3.8, 4) is 11.1 Å². The van der Waals surface area contributed by atoms with E-state index in [-0.39, 0.29) is 12.2 Å². The third-order valence-corrected chi connectivity index (χ3v) is 3.55. The van der Waals surface area contributed by atoms with Gasteiger partial charge in [0, 0.05) is 29.1 Å². The third kappa shape index (κ3) is 3.14. The Morgan fingerprint density at radius 3 is 2.70 bits per heavy atom. The predicted octanol–water partition coefficient (Wildman–Crippen LogP) is 1.99. The molecule has 0 unspecified atom stereocenters. The Labute approximate surface area is 133 Å². The van der Waals surface area contributed by atoms with Crippen LogP contribution in [0.3, 0.4) is 0 Å². The second kappa shape index (κ2) is 6.70. The van der Waals surface area contributed by atoms with Crippen molar-refractivity contribution in [2.75, 3.05) is 24.6 Å². The van der Waals surface area contributed by atoms with Crippen molar-refractivity contribution in [1.82, 2.24) is 9.97 Å². The van der Waals surface area contributed by atoms with E-state index in [1.807, 2.05) is 11.8 Å². The van der Waals surface area contributed by atoms with Crippen molar-refractivity contribution in [1.29, 1.82) is 0 Å². The van der Waals surface area contributed by atoms with E-state index in [9.17, 15) is 4.39 Å². The Bertz CT molecular complexity index is 711. The second-order valence-corrected chi connectivity index (χ2v) is 5.14. The van der Waals surface area contributed by atoms with E-state index in [0.717, 1.165) is 5.71 Å². The van der Waals surface area contributed by atoms with E-state index in [4.69, 9.17) is 9.94 Å². The van der Waals surface area contributed by atoms with Gasteiger partial charge in [0.1, 0.15) is 12.4 Å². The van der Waals surface area contributed by atoms with Crippen LogP contribution in [0, 0.1) is 5.82 Å². The minimum absolute atomic E-state index is 0.256. The number of aliphatic hydroxyl groups excluding tert-OH is 1. The minimum atomic E-state index is -0.443. The number of benzene rings is 1. The number of halogens is 1. The molecular formula is C16H17FN4O2. The van der Waals surface area contributed by atoms with Crippen molar-refractivity contribution in [3.05, 3.63) is 42.0 Å². The lowest BCUT2D eigenvalue weighted by Gasteiger charge is -2.31. The van der Waals surface area contributed by atoms with Crippen LogP contribution in [-0.2, 0) is 11.4 Å². The summed E-state index contributed by atoms with van der Waals surface area (Å²) in [6.07, 6.45) is 3.17. The molecule has 0 atom stereocenters. The number of nitrogens with zero attached hydrogens (tertiary/aromatic N) is 4. The van der Waals surface area contributed by atoms with Crippen molar-refractivity contribution in [2.45, 2.75) is 13.5 Å². The van der Waals surface area contributed by atoms with Gasteiger partial charge < -0.3 is 14.8 Å². The monoisotopic (exact) mass is 316 g/mol. The van der Waals surface area contributed by atoms with Crippen LogP contribution in [-0.4, -0.2) is 40.5 Å². The first kappa shape index (κ1) is 15.4. The van der Waals surface area contributed by atoms with Gasteiger partial charge in [0.15, 0.2) is 0 Å². The Hall–Kier alpha value is -2.54. The highest BCUT2D eigenvalue weighted by Crippen LogP contribution is 2.25. The molecule has 0 aliphatic carbocycles. The summed E-state index contributed by atoms with van der Waals surface area (Å²) in [5.74, 6) is 0.129. The fourth-order valence-corrected chi connectivity index (χ4v) is 2.30. The molecule has 1 N–H and O–H groups in total. The third-order valence-electron chi connectivity index (χ3n) is 3.55. The maximum absolute atomic E-state index is 14.2. The van der Waals surface area contributed by atoms with Gasteiger partial charge in [0.25, 0.3) is 0 Å². The number of hydrogen-bond donors (Lipinski definition) is 1. The van der Waals surface area contributed by atoms with Gasteiger partial charge in [-0.25, -0.2) is 14.4 Å². The van der Waals surface area contributed by atoms with Crippen LogP contribution in [0.2, 0.25) is 0 Å². The number of aliphatic hydroxyl groups is 1. The average Bonchev–Trinajstić information content (AvgIpc) is 2.54. The van der Waals surface area contributed by atoms with Crippen LogP contribution in [0.25, 0.3) is 11.1 Å². The van der Waals surface area contributed by atoms with Gasteiger partial charge in [-0.2, -0.15) is 0 Å². The number of aromatic nitrogens is 2. The van der Waals surface area contributed by atoms with Gasteiger partial charge in [-0.05, 0) is 6.92 Å². The van der Waals surface area contributed by atoms with Gasteiger partial charge in [0.2, 0.25) is 5.95 Å². The van der Waals surface area contributed by atoms with E-state index < -0.39 is 5.82 Å². The summed E-state index contributed by atoms with van der Waals surface area (Å²) in [4.78, 5) is 15.5. The van der Waals surface area contributed by atoms with Gasteiger partial charge in [-0.1, -0.05) is 23.4 Å². The van der Waals surface area contributed by atoms with E-state index in [0.29, 0.717) is 36.8 Å². The number of rotatable bonds is 5. The lowest BCUT2D eigenvalue weighted by molar-refractivity contribution is 0.157. The number of oxime groups is 1. The summed E-state index contributed by atoms with van der Waals surface area (Å²) in [5, 5.41) is 13.1. The standard InChI is InChI=1S/C16H17FN4O2/c1-2-23-20-13-8-21(9-13)16-18-6-12(7-19-16)14-5-3-4-11(10-22)15(14)17/h3-7,22H,2,8-10H2,1H3. The molecule has 120 valence electrons. The van der Waals surface area contributed by atoms with Crippen molar-refractivity contribution in [2.24, 2.45) is 5.16 Å². The van der Waals surface area contributed by atoms with Gasteiger partial charge in [-0.15, -0.1) is 0 Å². The topological polar surface area (TPSA) is 70.8 Å². The first-order valence-electron chi connectivity index (χ1n) is 7.36. The first-order valence-corrected chi connectivity index (χ1v) is 7.36. The highest BCUT2D eigenvalue weighted by atomic mass is 19.1. The zero-order valence-electron chi connectivity index (χ0n) is 12.7. The molecule has 0 radical (unpaired) electrons. The van der Waals surface area contributed by atoms with Crippen molar-refractivity contribution >= 4 is 11.7 Å². The van der Waals surface area contributed by atoms with E-state index in [1.165, 1.54) is 0 Å². The second-order valence-electron chi connectivity index (χ2n) is 5.14. The largest absolute Gasteiger partial charge is 0.396 e. The molecule has 1 aromatic heterocycles. The Kier molecular flexibility index (Phi) is 4.47. The summed E-state index contributed by atoms with van der Waals surface area (Å²) in [6, 6.07) is 4.89. The molecule has 1 aromatic carbocycles. The fraction of sp³-hybridized carbons (Fsp3) is 0.312. The van der Waals surface area contributed by atoms with Crippen LogP contribution >= 0.6 is 0 Å². The maximum atomic E-state index is 14.2. The molecule has 0 amide bonds. The molecular weight excluding hydrogens is 299 g/mol. The normalized spacial score (nSPS) is 13.7. The van der Waals surface area contributed by atoms with Gasteiger partial charge in [-0.3, -0.25) is 0 Å². The van der Waals surface area contributed by atoms with Crippen LogP contribution in [0.1, 0.15) is 12.5 Å². The van der Waals surface area contributed by atoms with Crippen LogP contribution in [0.15, 0.2) is 35.7 Å². The Balaban J connectivity index is 1.74. The fourth-order valence-electron chi connectivity index (χ4n) is 2.30. The quantitative estimate of drug-likeness (QED) is 0.854. The Morgan fingerprint density at radius 2 is 2.04 bits per heavy atom. The molecule has 3 rings (SSSR count). The molecule has 1 aliphatic heterocycles. The molecule has 1 aliphatic rings. The number of hydrogen-bond acceptors (Lipinski definition) is 6. The molecule has 6 nitrogen and oxygen atoms in total. The summed E-state index contributed by atoms with van der Waals surface area (Å²) >= 11 is 0. The van der Waals surface area contributed by atoms with E-state index in [2.05, 4.69) is 15.1 Å². The van der Waals surface area contributed by atoms with Crippen LogP contribution in [0.4, 0.5) is 10.3 Å². The zero-order chi connectivity index (χ0) is 16.2. The van der Waals surface area contributed by atoms with Crippen LogP contribution in [0.5, 0.6) is 0 Å². The van der Waals surface area contributed by atoms with E-state index >= 15 is 0 Å². The SMILES string of the molecule is CCON=C1CN(c2ncc(-c3cccc(CO)c3F)cn2)C1. The molecule has 0 bridgehead atoms. The molecule has 2 aromatic rings. The van der Waals surface area contributed by atoms with Crippen LogP contribution < -0.4 is 4.90 Å². The summed E-state index contributed by atoms with van der Waals surface area (Å²) < 4.78 is 14.2. The lowest BCUT2D eigenvalue weighted by atomic mass is 10.1. The maximum Gasteiger partial charge on any atom is 0.225 e. The first-order chi connectivity index (χ1) is 11.2. The highest BCUT2D eigenvalue weighted by molar-refractivity contribution is 5.98. The average molecular weight is 316 g/mol. The van der Waals surface area contributed by atoms with Gasteiger partial charge in [0.05, 0.1) is 25.4 Å². The van der Waals surface area contributed by atoms with Crippen molar-refractivity contribution < 1.29 is 14.3 Å². The smallest absolute Gasteiger partial charge is 0.225 e. The van der Waals surface area contributed by atoms with Crippen molar-refractivity contribution in [3.63, 3.8) is 0 Å². The summed E-state index contributed by atoms with van der Waals surface area (Å²) in [7, 11) is 0. The lowest BCUT2D eigenvalue weighted by Crippen LogP contribution is -2.48. The summed E-state index contributed by atoms with van der Waals surface area (Å²) in [5.41, 5.74) is 2.16. The molecule has 1 saturated heterocycles. The summed E-state index contributed by atoms with van der Waals surface area (Å²) in [6.45, 7) is 3.36. The van der Waals surface area contributed by atoms with Gasteiger partial charge >= 0.3 is 0 Å². The molecule has 0 spiro atoms. The number of anilines is 1. The molecule has 2 heterocycles. The Morgan fingerprint density at radius 1 is 1.30 bits per heavy atom. The minimum Gasteiger partial charge on any atom is -0.396 e. The molecule has 0 saturated carbocycles. The van der Waals surface area contributed by atoms with E-state index in [1.54, 1.807) is 30.6 Å². The molecule has 23 heavy (non-hydrogen) atoms. The highest BCUT2D eigenvalue weighted by Gasteiger charge is 2.25.